The van der Waals surface area contributed by atoms with Crippen molar-refractivity contribution in [2.75, 3.05) is 19.0 Å². The number of para-hydroxylation sites is 1. The molecule has 1 saturated heterocycles. The van der Waals surface area contributed by atoms with E-state index >= 15 is 0 Å². The third-order valence-electron chi connectivity index (χ3n) is 7.33. The molecular formula is C35H29FN2O6S. The van der Waals surface area contributed by atoms with Crippen molar-refractivity contribution in [2.45, 2.75) is 17.5 Å². The molecule has 1 fully saturated rings. The standard InChI is InChI=1S/C35H29FN2O6S/c36-26-16-18-28(19-17-26)42-20-25-22-45-34-30(37-29(39)21-43-27-14-8-3-9-15-27)33(40)38(34)31(25)35(41)44-32(23-10-4-1-5-11-23)24-12-6-2-7-13-24/h1-19,30,32,34H,20-22H2,(H,37,39)/t30?,34-/m0/s1. The van der Waals surface area contributed by atoms with Crippen LogP contribution in [0.15, 0.2) is 127 Å². The number of carbonyl (C=O) groups is 3. The number of hydrogen-bond acceptors (Lipinski definition) is 7. The lowest BCUT2D eigenvalue weighted by Gasteiger charge is -2.49. The zero-order chi connectivity index (χ0) is 31.2. The largest absolute Gasteiger partial charge is 0.489 e. The van der Waals surface area contributed by atoms with E-state index < -0.39 is 41.1 Å². The van der Waals surface area contributed by atoms with E-state index in [9.17, 15) is 18.8 Å². The van der Waals surface area contributed by atoms with Gasteiger partial charge in [-0.3, -0.25) is 14.5 Å². The number of rotatable bonds is 11. The molecule has 45 heavy (non-hydrogen) atoms. The van der Waals surface area contributed by atoms with Gasteiger partial charge in [0.25, 0.3) is 11.8 Å². The van der Waals surface area contributed by atoms with Gasteiger partial charge >= 0.3 is 5.97 Å². The highest BCUT2D eigenvalue weighted by atomic mass is 32.2. The molecule has 2 aliphatic heterocycles. The highest BCUT2D eigenvalue weighted by molar-refractivity contribution is 8.00. The Kier molecular flexibility index (Phi) is 9.11. The lowest BCUT2D eigenvalue weighted by atomic mass is 10.0. The Hall–Kier alpha value is -5.09. The second-order valence-electron chi connectivity index (χ2n) is 10.4. The fraction of sp³-hybridized carbons (Fsp3) is 0.171. The van der Waals surface area contributed by atoms with Crippen molar-refractivity contribution in [3.8, 4) is 11.5 Å². The lowest BCUT2D eigenvalue weighted by molar-refractivity contribution is -0.155. The van der Waals surface area contributed by atoms with Gasteiger partial charge in [-0.1, -0.05) is 78.9 Å². The number of halogens is 1. The van der Waals surface area contributed by atoms with Gasteiger partial charge in [-0.05, 0) is 47.5 Å². The van der Waals surface area contributed by atoms with E-state index in [1.807, 2.05) is 66.7 Å². The highest BCUT2D eigenvalue weighted by Gasteiger charge is 2.54. The minimum atomic E-state index is -0.844. The number of fused-ring (bicyclic) bond motifs is 1. The predicted octanol–water partition coefficient (Wildman–Crippen LogP) is 5.27. The van der Waals surface area contributed by atoms with E-state index in [1.54, 1.807) is 24.3 Å². The fourth-order valence-corrected chi connectivity index (χ4v) is 6.44. The number of amides is 2. The molecule has 228 valence electrons. The molecule has 0 saturated carbocycles. The molecule has 8 nitrogen and oxygen atoms in total. The normalized spacial score (nSPS) is 17.3. The van der Waals surface area contributed by atoms with Crippen molar-refractivity contribution in [1.29, 1.82) is 0 Å². The smallest absolute Gasteiger partial charge is 0.356 e. The van der Waals surface area contributed by atoms with Crippen LogP contribution in [0.3, 0.4) is 0 Å². The van der Waals surface area contributed by atoms with Crippen LogP contribution in [0.1, 0.15) is 17.2 Å². The summed E-state index contributed by atoms with van der Waals surface area (Å²) in [6.07, 6.45) is -0.735. The third-order valence-corrected chi connectivity index (χ3v) is 8.67. The number of nitrogens with one attached hydrogen (secondary N) is 1. The second kappa shape index (κ2) is 13.7. The number of ether oxygens (including phenoxy) is 3. The van der Waals surface area contributed by atoms with E-state index in [1.165, 1.54) is 40.9 Å². The number of nitrogens with zero attached hydrogens (tertiary/aromatic N) is 1. The summed E-state index contributed by atoms with van der Waals surface area (Å²) in [5, 5.41) is 2.22. The summed E-state index contributed by atoms with van der Waals surface area (Å²) in [6.45, 7) is -0.286. The molecule has 2 atom stereocenters. The first-order valence-electron chi connectivity index (χ1n) is 14.3. The van der Waals surface area contributed by atoms with Gasteiger partial charge in [-0.2, -0.15) is 0 Å². The third kappa shape index (κ3) is 6.86. The van der Waals surface area contributed by atoms with Gasteiger partial charge in [0.2, 0.25) is 0 Å². The summed E-state index contributed by atoms with van der Waals surface area (Å²) in [7, 11) is 0. The van der Waals surface area contributed by atoms with Crippen LogP contribution < -0.4 is 14.8 Å². The van der Waals surface area contributed by atoms with Crippen molar-refractivity contribution in [3.05, 3.63) is 143 Å². The maximum Gasteiger partial charge on any atom is 0.356 e. The molecule has 1 N–H and O–H groups in total. The van der Waals surface area contributed by atoms with Crippen LogP contribution in [0.2, 0.25) is 0 Å². The summed E-state index contributed by atoms with van der Waals surface area (Å²) in [5.41, 5.74) is 2.15. The van der Waals surface area contributed by atoms with Crippen molar-refractivity contribution in [2.24, 2.45) is 0 Å². The van der Waals surface area contributed by atoms with E-state index in [2.05, 4.69) is 5.32 Å². The van der Waals surface area contributed by atoms with Crippen molar-refractivity contribution in [3.63, 3.8) is 0 Å². The van der Waals surface area contributed by atoms with Crippen molar-refractivity contribution < 1.29 is 33.0 Å². The molecule has 0 radical (unpaired) electrons. The van der Waals surface area contributed by atoms with Crippen LogP contribution in [0.5, 0.6) is 11.5 Å². The van der Waals surface area contributed by atoms with Gasteiger partial charge in [0, 0.05) is 11.3 Å². The molecule has 6 rings (SSSR count). The number of esters is 1. The first kappa shape index (κ1) is 30.0. The second-order valence-corrected chi connectivity index (χ2v) is 11.5. The van der Waals surface area contributed by atoms with Crippen molar-refractivity contribution >= 4 is 29.5 Å². The molecule has 0 bridgehead atoms. The molecule has 10 heteroatoms. The molecule has 4 aromatic carbocycles. The average Bonchev–Trinajstić information content (AvgIpc) is 3.09. The van der Waals surface area contributed by atoms with Crippen LogP contribution in [0.4, 0.5) is 4.39 Å². The molecule has 0 aliphatic carbocycles. The Morgan fingerprint density at radius 3 is 2.02 bits per heavy atom. The molecule has 1 unspecified atom stereocenters. The predicted molar refractivity (Wildman–Crippen MR) is 167 cm³/mol. The number of β-lactam (4-membered cyclic amide) rings is 1. The summed E-state index contributed by atoms with van der Waals surface area (Å²) in [6, 6.07) is 32.3. The minimum absolute atomic E-state index is 0.0250. The van der Waals surface area contributed by atoms with E-state index in [0.717, 1.165) is 11.1 Å². The van der Waals surface area contributed by atoms with Gasteiger partial charge in [-0.15, -0.1) is 11.8 Å². The average molecular weight is 625 g/mol. The summed E-state index contributed by atoms with van der Waals surface area (Å²) in [4.78, 5) is 41.7. The molecule has 2 amide bonds. The molecule has 2 heterocycles. The molecule has 0 spiro atoms. The Bertz CT molecular complexity index is 1650. The SMILES string of the molecule is O=C(COc1ccccc1)NC1C(=O)N2C(C(=O)OC(c3ccccc3)c3ccccc3)=C(COc3ccc(F)cc3)CS[C@@H]12. The zero-order valence-corrected chi connectivity index (χ0v) is 24.8. The minimum Gasteiger partial charge on any atom is -0.489 e. The molecule has 0 aromatic heterocycles. The number of thioether (sulfide) groups is 1. The van der Waals surface area contributed by atoms with Crippen LogP contribution in [-0.2, 0) is 19.1 Å². The molecule has 4 aromatic rings. The monoisotopic (exact) mass is 624 g/mol. The van der Waals surface area contributed by atoms with Gasteiger partial charge in [-0.25, -0.2) is 9.18 Å². The summed E-state index contributed by atoms with van der Waals surface area (Å²) < 4.78 is 31.0. The van der Waals surface area contributed by atoms with Crippen LogP contribution in [0, 0.1) is 5.82 Å². The van der Waals surface area contributed by atoms with E-state index in [4.69, 9.17) is 14.2 Å². The number of hydrogen-bond donors (Lipinski definition) is 1. The van der Waals surface area contributed by atoms with E-state index in [0.29, 0.717) is 22.8 Å². The first-order valence-corrected chi connectivity index (χ1v) is 15.4. The number of carbonyl (C=O) groups excluding carboxylic acids is 3. The summed E-state index contributed by atoms with van der Waals surface area (Å²) in [5.74, 6) is -0.704. The summed E-state index contributed by atoms with van der Waals surface area (Å²) >= 11 is 1.40. The van der Waals surface area contributed by atoms with Gasteiger partial charge in [0.15, 0.2) is 12.7 Å². The maximum absolute atomic E-state index is 14.0. The molecule has 2 aliphatic rings. The van der Waals surface area contributed by atoms with Gasteiger partial charge < -0.3 is 19.5 Å². The van der Waals surface area contributed by atoms with Crippen LogP contribution >= 0.6 is 11.8 Å². The van der Waals surface area contributed by atoms with Gasteiger partial charge in [0.05, 0.1) is 0 Å². The Morgan fingerprint density at radius 2 is 1.40 bits per heavy atom. The van der Waals surface area contributed by atoms with Crippen LogP contribution in [-0.4, -0.2) is 53.1 Å². The van der Waals surface area contributed by atoms with Crippen molar-refractivity contribution in [1.82, 2.24) is 10.2 Å². The number of benzene rings is 4. The fourth-order valence-electron chi connectivity index (χ4n) is 5.11. The van der Waals surface area contributed by atoms with Crippen LogP contribution in [0.25, 0.3) is 0 Å². The molecular weight excluding hydrogens is 595 g/mol. The Morgan fingerprint density at radius 1 is 0.822 bits per heavy atom. The Balaban J connectivity index is 1.24. The zero-order valence-electron chi connectivity index (χ0n) is 24.0. The topological polar surface area (TPSA) is 94.2 Å². The quantitative estimate of drug-likeness (QED) is 0.180. The highest BCUT2D eigenvalue weighted by Crippen LogP contribution is 2.41. The Labute approximate surface area is 263 Å². The first-order chi connectivity index (χ1) is 22.0. The maximum atomic E-state index is 14.0. The van der Waals surface area contributed by atoms with E-state index in [-0.39, 0.29) is 18.9 Å². The van der Waals surface area contributed by atoms with Gasteiger partial charge in [0.1, 0.15) is 41.0 Å². The lowest BCUT2D eigenvalue weighted by Crippen LogP contribution is -2.71.